The molecule has 0 saturated heterocycles. The van der Waals surface area contributed by atoms with Gasteiger partial charge in [-0.1, -0.05) is 0 Å². The average Bonchev–Trinajstić information content (AvgIpc) is 2.75. The number of hydrogen-bond acceptors (Lipinski definition) is 5. The van der Waals surface area contributed by atoms with Crippen LogP contribution in [0.2, 0.25) is 0 Å². The minimum Gasteiger partial charge on any atom is -0.372 e. The summed E-state index contributed by atoms with van der Waals surface area (Å²) in [6, 6.07) is 13.6. The van der Waals surface area contributed by atoms with E-state index in [0.29, 0.717) is 17.9 Å². The maximum atomic E-state index is 12.5. The van der Waals surface area contributed by atoms with Crippen molar-refractivity contribution in [3.8, 4) is 0 Å². The Bertz CT molecular complexity index is 954. The third-order valence-electron chi connectivity index (χ3n) is 4.83. The Morgan fingerprint density at radius 3 is 2.45 bits per heavy atom. The molecule has 6 nitrogen and oxygen atoms in total. The Kier molecular flexibility index (Phi) is 6.79. The number of benzene rings is 1. The van der Waals surface area contributed by atoms with Crippen LogP contribution in [0.4, 0.5) is 17.2 Å². The highest BCUT2D eigenvalue weighted by molar-refractivity contribution is 5.94. The summed E-state index contributed by atoms with van der Waals surface area (Å²) >= 11 is 0. The predicted molar refractivity (Wildman–Crippen MR) is 118 cm³/mol. The van der Waals surface area contributed by atoms with Gasteiger partial charge in [0.1, 0.15) is 5.82 Å². The third kappa shape index (κ3) is 5.31. The summed E-state index contributed by atoms with van der Waals surface area (Å²) < 4.78 is 0. The molecule has 0 atom stereocenters. The van der Waals surface area contributed by atoms with Gasteiger partial charge >= 0.3 is 0 Å². The molecule has 0 aliphatic carbocycles. The first-order chi connectivity index (χ1) is 14.1. The zero-order valence-corrected chi connectivity index (χ0v) is 17.1. The number of nitrogens with zero attached hydrogens (tertiary/aromatic N) is 3. The van der Waals surface area contributed by atoms with Gasteiger partial charge in [-0.15, -0.1) is 0 Å². The van der Waals surface area contributed by atoms with Gasteiger partial charge in [-0.3, -0.25) is 9.78 Å². The van der Waals surface area contributed by atoms with E-state index in [-0.39, 0.29) is 5.91 Å². The largest absolute Gasteiger partial charge is 0.372 e. The zero-order chi connectivity index (χ0) is 20.6. The Morgan fingerprint density at radius 1 is 1.00 bits per heavy atom. The van der Waals surface area contributed by atoms with Crippen molar-refractivity contribution in [2.75, 3.05) is 23.3 Å². The lowest BCUT2D eigenvalue weighted by atomic mass is 10.1. The monoisotopic (exact) mass is 389 g/mol. The van der Waals surface area contributed by atoms with Crippen molar-refractivity contribution >= 4 is 23.1 Å². The molecule has 6 heteroatoms. The van der Waals surface area contributed by atoms with Crippen molar-refractivity contribution in [3.05, 3.63) is 77.7 Å². The summed E-state index contributed by atoms with van der Waals surface area (Å²) in [5.74, 6) is 0.501. The number of rotatable bonds is 8. The highest BCUT2D eigenvalue weighted by atomic mass is 16.1. The summed E-state index contributed by atoms with van der Waals surface area (Å²) in [4.78, 5) is 23.1. The molecule has 0 radical (unpaired) electrons. The van der Waals surface area contributed by atoms with E-state index < -0.39 is 0 Å². The van der Waals surface area contributed by atoms with Crippen LogP contribution in [-0.4, -0.2) is 29.0 Å². The van der Waals surface area contributed by atoms with E-state index in [1.807, 2.05) is 12.1 Å². The second kappa shape index (κ2) is 9.68. The fourth-order valence-electron chi connectivity index (χ4n) is 3.14. The molecule has 3 aromatic rings. The smallest absolute Gasteiger partial charge is 0.251 e. The summed E-state index contributed by atoms with van der Waals surface area (Å²) in [5.41, 5.74) is 4.88. The van der Waals surface area contributed by atoms with Crippen LogP contribution < -0.4 is 15.5 Å². The van der Waals surface area contributed by atoms with Crippen molar-refractivity contribution in [1.29, 1.82) is 0 Å². The molecule has 0 bridgehead atoms. The van der Waals surface area contributed by atoms with Gasteiger partial charge in [0, 0.05) is 55.2 Å². The lowest BCUT2D eigenvalue weighted by molar-refractivity contribution is 0.0951. The summed E-state index contributed by atoms with van der Waals surface area (Å²) in [6.45, 7) is 8.78. The molecule has 2 N–H and O–H groups in total. The highest BCUT2D eigenvalue weighted by Crippen LogP contribution is 2.25. The fraction of sp³-hybridized carbons (Fsp3) is 0.261. The van der Waals surface area contributed by atoms with Crippen LogP contribution in [0.3, 0.4) is 0 Å². The zero-order valence-electron chi connectivity index (χ0n) is 17.1. The number of carbonyl (C=O) groups excluding carboxylic acids is 1. The molecule has 0 spiro atoms. The third-order valence-corrected chi connectivity index (χ3v) is 4.83. The van der Waals surface area contributed by atoms with Crippen molar-refractivity contribution < 1.29 is 4.79 Å². The molecule has 150 valence electrons. The number of nitrogens with one attached hydrogen (secondary N) is 2. The maximum Gasteiger partial charge on any atom is 0.251 e. The second-order valence-corrected chi connectivity index (χ2v) is 6.76. The maximum absolute atomic E-state index is 12.5. The number of pyridine rings is 2. The molecule has 0 aliphatic rings. The molecule has 2 aromatic heterocycles. The van der Waals surface area contributed by atoms with Crippen LogP contribution in [0.15, 0.2) is 61.1 Å². The lowest BCUT2D eigenvalue weighted by Gasteiger charge is -2.22. The topological polar surface area (TPSA) is 70.2 Å². The number of carbonyl (C=O) groups is 1. The van der Waals surface area contributed by atoms with E-state index in [0.717, 1.165) is 29.9 Å². The molecule has 0 aliphatic heterocycles. The quantitative estimate of drug-likeness (QED) is 0.601. The average molecular weight is 390 g/mol. The predicted octanol–water partition coefficient (Wildman–Crippen LogP) is 4.30. The molecule has 0 saturated carbocycles. The van der Waals surface area contributed by atoms with E-state index in [1.165, 1.54) is 5.69 Å². The van der Waals surface area contributed by atoms with Crippen molar-refractivity contribution in [1.82, 2.24) is 15.3 Å². The lowest BCUT2D eigenvalue weighted by Crippen LogP contribution is -2.23. The number of aromatic nitrogens is 2. The molecule has 0 fully saturated rings. The van der Waals surface area contributed by atoms with Gasteiger partial charge in [0.25, 0.3) is 5.91 Å². The standard InChI is InChI=1S/C23H27N5O/c1-4-28(5-2)20-6-7-21(17(3)14-20)27-22-15-19(10-13-25-22)23(29)26-16-18-8-11-24-12-9-18/h6-15H,4-5,16H2,1-3H3,(H,25,27)(H,26,29). The van der Waals surface area contributed by atoms with Crippen LogP contribution >= 0.6 is 0 Å². The Balaban J connectivity index is 1.68. The van der Waals surface area contributed by atoms with Crippen LogP contribution in [-0.2, 0) is 6.54 Å². The molecular weight excluding hydrogens is 362 g/mol. The first kappa shape index (κ1) is 20.3. The minimum atomic E-state index is -0.138. The van der Waals surface area contributed by atoms with Gasteiger partial charge in [0.2, 0.25) is 0 Å². The van der Waals surface area contributed by atoms with Crippen LogP contribution in [0.25, 0.3) is 0 Å². The van der Waals surface area contributed by atoms with Gasteiger partial charge in [-0.25, -0.2) is 4.98 Å². The molecule has 0 unspecified atom stereocenters. The summed E-state index contributed by atoms with van der Waals surface area (Å²) in [6.07, 6.45) is 5.07. The minimum absolute atomic E-state index is 0.138. The van der Waals surface area contributed by atoms with Gasteiger partial charge in [0.05, 0.1) is 0 Å². The first-order valence-corrected chi connectivity index (χ1v) is 9.86. The summed E-state index contributed by atoms with van der Waals surface area (Å²) in [5, 5.41) is 6.25. The Labute approximate surface area is 172 Å². The van der Waals surface area contributed by atoms with Gasteiger partial charge in [-0.05, 0) is 74.4 Å². The van der Waals surface area contributed by atoms with Crippen LogP contribution in [0, 0.1) is 6.92 Å². The molecule has 29 heavy (non-hydrogen) atoms. The normalized spacial score (nSPS) is 10.4. The Morgan fingerprint density at radius 2 is 1.76 bits per heavy atom. The highest BCUT2D eigenvalue weighted by Gasteiger charge is 2.09. The van der Waals surface area contributed by atoms with Crippen LogP contribution in [0.5, 0.6) is 0 Å². The summed E-state index contributed by atoms with van der Waals surface area (Å²) in [7, 11) is 0. The van der Waals surface area contributed by atoms with E-state index in [1.54, 1.807) is 30.7 Å². The number of anilines is 3. The van der Waals surface area contributed by atoms with Gasteiger partial charge in [-0.2, -0.15) is 0 Å². The first-order valence-electron chi connectivity index (χ1n) is 9.86. The van der Waals surface area contributed by atoms with E-state index in [9.17, 15) is 4.79 Å². The number of aryl methyl sites for hydroxylation is 1. The van der Waals surface area contributed by atoms with Gasteiger partial charge < -0.3 is 15.5 Å². The number of amides is 1. The van der Waals surface area contributed by atoms with Crippen molar-refractivity contribution in [2.24, 2.45) is 0 Å². The molecule has 2 heterocycles. The number of hydrogen-bond donors (Lipinski definition) is 2. The van der Waals surface area contributed by atoms with E-state index >= 15 is 0 Å². The molecule has 3 rings (SSSR count). The van der Waals surface area contributed by atoms with Crippen molar-refractivity contribution in [2.45, 2.75) is 27.3 Å². The van der Waals surface area contributed by atoms with E-state index in [4.69, 9.17) is 0 Å². The fourth-order valence-corrected chi connectivity index (χ4v) is 3.14. The second-order valence-electron chi connectivity index (χ2n) is 6.76. The molecule has 1 aromatic carbocycles. The van der Waals surface area contributed by atoms with Gasteiger partial charge in [0.15, 0.2) is 0 Å². The van der Waals surface area contributed by atoms with E-state index in [2.05, 4.69) is 64.5 Å². The SMILES string of the molecule is CCN(CC)c1ccc(Nc2cc(C(=O)NCc3ccncc3)ccn2)c(C)c1. The molecule has 1 amide bonds. The van der Waals surface area contributed by atoms with Crippen LogP contribution in [0.1, 0.15) is 35.3 Å². The molecular formula is C23H27N5O. The van der Waals surface area contributed by atoms with Crippen molar-refractivity contribution in [3.63, 3.8) is 0 Å². The Hall–Kier alpha value is -3.41.